The molecule has 1 fully saturated rings. The van der Waals surface area contributed by atoms with Crippen LogP contribution >= 0.6 is 11.8 Å². The molecule has 0 radical (unpaired) electrons. The molecule has 1 aliphatic rings. The van der Waals surface area contributed by atoms with E-state index in [0.717, 1.165) is 4.90 Å². The van der Waals surface area contributed by atoms with Crippen molar-refractivity contribution in [2.24, 2.45) is 5.73 Å². The summed E-state index contributed by atoms with van der Waals surface area (Å²) in [6.45, 7) is -0.482. The first-order valence-electron chi connectivity index (χ1n) is 8.38. The number of carbonyl (C=O) groups is 4. The lowest BCUT2D eigenvalue weighted by atomic mass is 10.1. The molecule has 1 saturated heterocycles. The second kappa shape index (κ2) is 8.61. The SMILES string of the molecule is COc1ccc(/C=C2\SC(=O)N(CC(N)=O)C2=O)cc1OC(=O)c1ccccc1. The van der Waals surface area contributed by atoms with E-state index in [-0.39, 0.29) is 10.7 Å². The number of imide groups is 1. The molecular formula is C20H16N2O6S. The van der Waals surface area contributed by atoms with Crippen LogP contribution in [0.4, 0.5) is 4.79 Å². The van der Waals surface area contributed by atoms with E-state index in [4.69, 9.17) is 15.2 Å². The molecule has 0 aromatic heterocycles. The zero-order valence-electron chi connectivity index (χ0n) is 15.3. The topological polar surface area (TPSA) is 116 Å². The number of nitrogens with zero attached hydrogens (tertiary/aromatic N) is 1. The number of thioether (sulfide) groups is 1. The number of primary amides is 1. The molecule has 0 spiro atoms. The van der Waals surface area contributed by atoms with Crippen LogP contribution in [0.2, 0.25) is 0 Å². The van der Waals surface area contributed by atoms with Gasteiger partial charge >= 0.3 is 5.97 Å². The highest BCUT2D eigenvalue weighted by Gasteiger charge is 2.35. The van der Waals surface area contributed by atoms with Gasteiger partial charge in [0, 0.05) is 0 Å². The Labute approximate surface area is 170 Å². The summed E-state index contributed by atoms with van der Waals surface area (Å²) in [6.07, 6.45) is 1.46. The van der Waals surface area contributed by atoms with Gasteiger partial charge in [0.2, 0.25) is 5.91 Å². The third-order valence-corrected chi connectivity index (χ3v) is 4.79. The van der Waals surface area contributed by atoms with Gasteiger partial charge in [-0.25, -0.2) is 4.79 Å². The lowest BCUT2D eigenvalue weighted by Crippen LogP contribution is -2.36. The summed E-state index contributed by atoms with van der Waals surface area (Å²) in [5.74, 6) is -1.48. The Morgan fingerprint density at radius 3 is 2.48 bits per heavy atom. The van der Waals surface area contributed by atoms with Gasteiger partial charge in [-0.3, -0.25) is 19.3 Å². The van der Waals surface area contributed by atoms with Gasteiger partial charge in [-0.1, -0.05) is 24.3 Å². The maximum atomic E-state index is 12.3. The van der Waals surface area contributed by atoms with Crippen LogP contribution in [-0.2, 0) is 9.59 Å². The summed E-state index contributed by atoms with van der Waals surface area (Å²) < 4.78 is 10.6. The standard InChI is InChI=1S/C20H16N2O6S/c1-27-14-8-7-12(9-15(14)28-19(25)13-5-3-2-4-6-13)10-16-18(24)22(11-17(21)23)20(26)29-16/h2-10H,11H2,1H3,(H2,21,23)/b16-10-. The van der Waals surface area contributed by atoms with Gasteiger partial charge in [-0.15, -0.1) is 0 Å². The molecule has 0 saturated carbocycles. The molecule has 0 bridgehead atoms. The molecule has 3 rings (SSSR count). The third kappa shape index (κ3) is 4.64. The largest absolute Gasteiger partial charge is 0.493 e. The van der Waals surface area contributed by atoms with E-state index in [1.165, 1.54) is 19.3 Å². The Balaban J connectivity index is 1.86. The number of hydrogen-bond donors (Lipinski definition) is 1. The highest BCUT2D eigenvalue weighted by atomic mass is 32.2. The monoisotopic (exact) mass is 412 g/mol. The molecular weight excluding hydrogens is 396 g/mol. The molecule has 0 unspecified atom stereocenters. The van der Waals surface area contributed by atoms with E-state index >= 15 is 0 Å². The lowest BCUT2D eigenvalue weighted by Gasteiger charge is -2.10. The number of methoxy groups -OCH3 is 1. The van der Waals surface area contributed by atoms with Crippen LogP contribution in [-0.4, -0.2) is 41.6 Å². The highest BCUT2D eigenvalue weighted by molar-refractivity contribution is 8.18. The molecule has 1 aliphatic heterocycles. The minimum absolute atomic E-state index is 0.127. The zero-order valence-corrected chi connectivity index (χ0v) is 16.1. The predicted molar refractivity (Wildman–Crippen MR) is 106 cm³/mol. The van der Waals surface area contributed by atoms with Crippen molar-refractivity contribution < 1.29 is 28.7 Å². The molecule has 0 aliphatic carbocycles. The Bertz CT molecular complexity index is 1020. The fourth-order valence-corrected chi connectivity index (χ4v) is 3.38. The number of esters is 1. The molecule has 29 heavy (non-hydrogen) atoms. The Kier molecular flexibility index (Phi) is 5.99. The molecule has 1 heterocycles. The zero-order chi connectivity index (χ0) is 21.0. The molecule has 9 heteroatoms. The Hall–Kier alpha value is -3.59. The van der Waals surface area contributed by atoms with Crippen molar-refractivity contribution in [2.45, 2.75) is 0 Å². The lowest BCUT2D eigenvalue weighted by molar-refractivity contribution is -0.127. The number of nitrogens with two attached hydrogens (primary N) is 1. The summed E-state index contributed by atoms with van der Waals surface area (Å²) in [4.78, 5) is 48.5. The Morgan fingerprint density at radius 2 is 1.83 bits per heavy atom. The van der Waals surface area contributed by atoms with Gasteiger partial charge in [0.1, 0.15) is 6.54 Å². The third-order valence-electron chi connectivity index (χ3n) is 3.89. The van der Waals surface area contributed by atoms with E-state index in [1.54, 1.807) is 42.5 Å². The second-order valence-corrected chi connectivity index (χ2v) is 6.89. The fourth-order valence-electron chi connectivity index (χ4n) is 2.54. The summed E-state index contributed by atoms with van der Waals surface area (Å²) in [5.41, 5.74) is 5.94. The van der Waals surface area contributed by atoms with E-state index in [9.17, 15) is 19.2 Å². The van der Waals surface area contributed by atoms with Crippen molar-refractivity contribution in [1.29, 1.82) is 0 Å². The quantitative estimate of drug-likeness (QED) is 0.440. The highest BCUT2D eigenvalue weighted by Crippen LogP contribution is 2.34. The number of carbonyl (C=O) groups excluding carboxylic acids is 4. The van der Waals surface area contributed by atoms with Crippen LogP contribution in [0.1, 0.15) is 15.9 Å². The molecule has 2 aromatic rings. The van der Waals surface area contributed by atoms with Crippen molar-refractivity contribution >= 4 is 40.9 Å². The summed E-state index contributed by atoms with van der Waals surface area (Å²) in [7, 11) is 1.43. The van der Waals surface area contributed by atoms with E-state index in [0.29, 0.717) is 28.6 Å². The molecule has 2 aromatic carbocycles. The van der Waals surface area contributed by atoms with E-state index in [2.05, 4.69) is 0 Å². The van der Waals surface area contributed by atoms with Crippen LogP contribution in [0.15, 0.2) is 53.4 Å². The molecule has 0 atom stereocenters. The van der Waals surface area contributed by atoms with Crippen molar-refractivity contribution in [1.82, 2.24) is 4.90 Å². The average molecular weight is 412 g/mol. The van der Waals surface area contributed by atoms with Crippen molar-refractivity contribution in [3.63, 3.8) is 0 Å². The van der Waals surface area contributed by atoms with Crippen molar-refractivity contribution in [3.05, 3.63) is 64.6 Å². The summed E-state index contributed by atoms with van der Waals surface area (Å²) in [6, 6.07) is 13.2. The molecule has 148 valence electrons. The normalized spacial score (nSPS) is 14.9. The van der Waals surface area contributed by atoms with Gasteiger partial charge in [-0.2, -0.15) is 0 Å². The van der Waals surface area contributed by atoms with Gasteiger partial charge in [0.05, 0.1) is 17.6 Å². The average Bonchev–Trinajstić information content (AvgIpc) is 2.96. The molecule has 3 amide bonds. The maximum Gasteiger partial charge on any atom is 0.343 e. The van der Waals surface area contributed by atoms with Crippen molar-refractivity contribution in [3.8, 4) is 11.5 Å². The van der Waals surface area contributed by atoms with Gasteiger partial charge in [0.15, 0.2) is 11.5 Å². The van der Waals surface area contributed by atoms with Crippen molar-refractivity contribution in [2.75, 3.05) is 13.7 Å². The second-order valence-electron chi connectivity index (χ2n) is 5.90. The van der Waals surface area contributed by atoms with Crippen LogP contribution in [0.5, 0.6) is 11.5 Å². The summed E-state index contributed by atoms with van der Waals surface area (Å²) in [5, 5.41) is -0.579. The first-order valence-corrected chi connectivity index (χ1v) is 9.19. The minimum atomic E-state index is -0.784. The number of rotatable bonds is 6. The van der Waals surface area contributed by atoms with Crippen LogP contribution in [0, 0.1) is 0 Å². The fraction of sp³-hybridized carbons (Fsp3) is 0.100. The van der Waals surface area contributed by atoms with Crippen LogP contribution in [0.3, 0.4) is 0 Å². The molecule has 2 N–H and O–H groups in total. The minimum Gasteiger partial charge on any atom is -0.493 e. The van der Waals surface area contributed by atoms with E-state index in [1.807, 2.05) is 0 Å². The maximum absolute atomic E-state index is 12.3. The number of amides is 3. The predicted octanol–water partition coefficient (Wildman–Crippen LogP) is 2.44. The van der Waals surface area contributed by atoms with Crippen LogP contribution in [0.25, 0.3) is 6.08 Å². The first kappa shape index (κ1) is 20.2. The smallest absolute Gasteiger partial charge is 0.343 e. The number of ether oxygens (including phenoxy) is 2. The van der Waals surface area contributed by atoms with Gasteiger partial charge in [-0.05, 0) is 47.7 Å². The number of benzene rings is 2. The van der Waals surface area contributed by atoms with Crippen LogP contribution < -0.4 is 15.2 Å². The summed E-state index contributed by atoms with van der Waals surface area (Å²) >= 11 is 0.697. The Morgan fingerprint density at radius 1 is 1.10 bits per heavy atom. The van der Waals surface area contributed by atoms with Gasteiger partial charge in [0.25, 0.3) is 11.1 Å². The molecule has 8 nitrogen and oxygen atoms in total. The van der Waals surface area contributed by atoms with E-state index < -0.39 is 29.6 Å². The van der Waals surface area contributed by atoms with Gasteiger partial charge < -0.3 is 15.2 Å². The number of hydrogen-bond acceptors (Lipinski definition) is 7. The first-order chi connectivity index (χ1) is 13.9.